The SMILES string of the molecule is O=C(O)c1onc2c(Cl)cccc12. The Kier molecular flexibility index (Phi) is 1.70. The van der Waals surface area contributed by atoms with Crippen molar-refractivity contribution < 1.29 is 14.4 Å². The zero-order valence-electron chi connectivity index (χ0n) is 6.32. The van der Waals surface area contributed by atoms with Crippen LogP contribution >= 0.6 is 11.6 Å². The summed E-state index contributed by atoms with van der Waals surface area (Å²) in [7, 11) is 0. The summed E-state index contributed by atoms with van der Waals surface area (Å²) < 4.78 is 4.62. The number of aromatic nitrogens is 1. The highest BCUT2D eigenvalue weighted by Gasteiger charge is 2.16. The van der Waals surface area contributed by atoms with Gasteiger partial charge in [-0.05, 0) is 12.1 Å². The van der Waals surface area contributed by atoms with Crippen molar-refractivity contribution in [2.45, 2.75) is 0 Å². The quantitative estimate of drug-likeness (QED) is 0.761. The second kappa shape index (κ2) is 2.74. The van der Waals surface area contributed by atoms with Crippen molar-refractivity contribution in [3.8, 4) is 0 Å². The van der Waals surface area contributed by atoms with E-state index in [1.54, 1.807) is 18.2 Å². The van der Waals surface area contributed by atoms with E-state index in [1.807, 2.05) is 0 Å². The topological polar surface area (TPSA) is 63.3 Å². The van der Waals surface area contributed by atoms with Gasteiger partial charge < -0.3 is 9.63 Å². The Bertz CT molecular complexity index is 477. The molecule has 66 valence electrons. The van der Waals surface area contributed by atoms with Gasteiger partial charge in [-0.15, -0.1) is 0 Å². The first-order chi connectivity index (χ1) is 6.20. The van der Waals surface area contributed by atoms with Gasteiger partial charge in [0.05, 0.1) is 10.4 Å². The van der Waals surface area contributed by atoms with Crippen LogP contribution in [0.15, 0.2) is 22.7 Å². The third kappa shape index (κ3) is 1.15. The van der Waals surface area contributed by atoms with E-state index in [1.165, 1.54) is 0 Å². The Morgan fingerprint density at radius 2 is 2.31 bits per heavy atom. The molecular formula is C8H4ClNO3. The number of nitrogens with zero attached hydrogens (tertiary/aromatic N) is 1. The molecule has 0 fully saturated rings. The molecule has 0 bridgehead atoms. The highest BCUT2D eigenvalue weighted by Crippen LogP contribution is 2.24. The van der Waals surface area contributed by atoms with Crippen molar-refractivity contribution in [3.63, 3.8) is 0 Å². The van der Waals surface area contributed by atoms with Gasteiger partial charge in [0.25, 0.3) is 5.76 Å². The fourth-order valence-corrected chi connectivity index (χ4v) is 1.30. The molecule has 1 aromatic heterocycles. The van der Waals surface area contributed by atoms with Crippen molar-refractivity contribution in [2.75, 3.05) is 0 Å². The van der Waals surface area contributed by atoms with Gasteiger partial charge in [0.15, 0.2) is 0 Å². The zero-order valence-corrected chi connectivity index (χ0v) is 7.08. The maximum absolute atomic E-state index is 10.6. The summed E-state index contributed by atoms with van der Waals surface area (Å²) in [5.74, 6) is -1.33. The molecule has 0 radical (unpaired) electrons. The minimum atomic E-state index is -1.15. The average Bonchev–Trinajstić information content (AvgIpc) is 2.48. The predicted molar refractivity (Wildman–Crippen MR) is 46.0 cm³/mol. The fraction of sp³-hybridized carbons (Fsp3) is 0. The molecule has 0 spiro atoms. The van der Waals surface area contributed by atoms with Gasteiger partial charge in [-0.2, -0.15) is 0 Å². The number of fused-ring (bicyclic) bond motifs is 1. The molecule has 0 unspecified atom stereocenters. The van der Waals surface area contributed by atoms with Crippen LogP contribution in [0.3, 0.4) is 0 Å². The van der Waals surface area contributed by atoms with Gasteiger partial charge in [-0.3, -0.25) is 0 Å². The van der Waals surface area contributed by atoms with Crippen molar-refractivity contribution in [1.29, 1.82) is 0 Å². The van der Waals surface area contributed by atoms with Crippen LogP contribution < -0.4 is 0 Å². The number of rotatable bonds is 1. The van der Waals surface area contributed by atoms with Crippen LogP contribution in [0.2, 0.25) is 5.02 Å². The summed E-state index contributed by atoms with van der Waals surface area (Å²) in [5, 5.41) is 13.0. The van der Waals surface area contributed by atoms with E-state index >= 15 is 0 Å². The number of halogens is 1. The standard InChI is InChI=1S/C8H4ClNO3/c9-5-3-1-2-4-6(5)10-13-7(4)8(11)12/h1-3H,(H,11,12). The lowest BCUT2D eigenvalue weighted by molar-refractivity contribution is 0.0655. The molecule has 0 saturated carbocycles. The number of carboxylic acid groups (broad SMARTS) is 1. The van der Waals surface area contributed by atoms with Crippen LogP contribution in [-0.2, 0) is 0 Å². The van der Waals surface area contributed by atoms with Crippen LogP contribution in [0.25, 0.3) is 10.9 Å². The first-order valence-electron chi connectivity index (χ1n) is 3.47. The number of carboxylic acids is 1. The molecule has 4 nitrogen and oxygen atoms in total. The van der Waals surface area contributed by atoms with Crippen molar-refractivity contribution >= 4 is 28.5 Å². The van der Waals surface area contributed by atoms with Crippen LogP contribution in [0.5, 0.6) is 0 Å². The maximum atomic E-state index is 10.6. The lowest BCUT2D eigenvalue weighted by Crippen LogP contribution is -1.93. The highest BCUT2D eigenvalue weighted by molar-refractivity contribution is 6.35. The first-order valence-corrected chi connectivity index (χ1v) is 3.85. The summed E-state index contributed by atoms with van der Waals surface area (Å²) in [6.07, 6.45) is 0. The van der Waals surface area contributed by atoms with Gasteiger partial charge in [-0.25, -0.2) is 4.79 Å². The number of hydrogen-bond acceptors (Lipinski definition) is 3. The van der Waals surface area contributed by atoms with E-state index in [2.05, 4.69) is 9.68 Å². The Morgan fingerprint density at radius 1 is 1.54 bits per heavy atom. The number of hydrogen-bond donors (Lipinski definition) is 1. The summed E-state index contributed by atoms with van der Waals surface area (Å²) in [5.41, 5.74) is 0.376. The van der Waals surface area contributed by atoms with Gasteiger partial charge >= 0.3 is 5.97 Å². The van der Waals surface area contributed by atoms with Gasteiger partial charge in [0, 0.05) is 0 Å². The summed E-state index contributed by atoms with van der Waals surface area (Å²) in [6.45, 7) is 0. The van der Waals surface area contributed by atoms with Crippen molar-refractivity contribution in [1.82, 2.24) is 5.16 Å². The predicted octanol–water partition coefficient (Wildman–Crippen LogP) is 2.18. The molecule has 0 saturated heterocycles. The molecule has 1 heterocycles. The van der Waals surface area contributed by atoms with E-state index in [0.717, 1.165) is 0 Å². The third-order valence-corrected chi connectivity index (χ3v) is 1.96. The molecule has 2 rings (SSSR count). The van der Waals surface area contributed by atoms with Gasteiger partial charge in [0.2, 0.25) is 0 Å². The van der Waals surface area contributed by atoms with Crippen LogP contribution in [-0.4, -0.2) is 16.2 Å². The third-order valence-electron chi connectivity index (χ3n) is 1.65. The van der Waals surface area contributed by atoms with E-state index < -0.39 is 5.97 Å². The molecule has 1 aromatic carbocycles. The second-order valence-corrected chi connectivity index (χ2v) is 2.86. The zero-order chi connectivity index (χ0) is 9.42. The largest absolute Gasteiger partial charge is 0.475 e. The van der Waals surface area contributed by atoms with E-state index in [4.69, 9.17) is 16.7 Å². The molecule has 0 amide bonds. The number of carbonyl (C=O) groups is 1. The molecule has 0 aliphatic carbocycles. The lowest BCUT2D eigenvalue weighted by Gasteiger charge is -1.89. The van der Waals surface area contributed by atoms with Crippen molar-refractivity contribution in [3.05, 3.63) is 29.0 Å². The van der Waals surface area contributed by atoms with Gasteiger partial charge in [0.1, 0.15) is 5.52 Å². The van der Waals surface area contributed by atoms with Crippen molar-refractivity contribution in [2.24, 2.45) is 0 Å². The van der Waals surface area contributed by atoms with Crippen LogP contribution in [0.4, 0.5) is 0 Å². The van der Waals surface area contributed by atoms with E-state index in [-0.39, 0.29) is 5.76 Å². The van der Waals surface area contributed by atoms with E-state index in [0.29, 0.717) is 15.9 Å². The van der Waals surface area contributed by atoms with Crippen LogP contribution in [0.1, 0.15) is 10.6 Å². The molecule has 2 aromatic rings. The second-order valence-electron chi connectivity index (χ2n) is 2.45. The number of benzene rings is 1. The Morgan fingerprint density at radius 3 is 3.00 bits per heavy atom. The normalized spacial score (nSPS) is 10.5. The Balaban J connectivity index is 2.83. The van der Waals surface area contributed by atoms with Crippen LogP contribution in [0, 0.1) is 0 Å². The molecule has 13 heavy (non-hydrogen) atoms. The van der Waals surface area contributed by atoms with Gasteiger partial charge in [-0.1, -0.05) is 22.8 Å². The smallest absolute Gasteiger partial charge is 0.375 e. The lowest BCUT2D eigenvalue weighted by atomic mass is 10.2. The highest BCUT2D eigenvalue weighted by atomic mass is 35.5. The number of aromatic carboxylic acids is 1. The average molecular weight is 198 g/mol. The first kappa shape index (κ1) is 8.07. The summed E-state index contributed by atoms with van der Waals surface area (Å²) >= 11 is 5.76. The molecule has 1 N–H and O–H groups in total. The Labute approximate surface area is 77.7 Å². The van der Waals surface area contributed by atoms with E-state index in [9.17, 15) is 4.79 Å². The Hall–Kier alpha value is -1.55. The molecule has 5 heteroatoms. The fourth-order valence-electron chi connectivity index (χ4n) is 1.09. The monoisotopic (exact) mass is 197 g/mol. The molecular weight excluding hydrogens is 194 g/mol. The molecule has 0 atom stereocenters. The maximum Gasteiger partial charge on any atom is 0.375 e. The summed E-state index contributed by atoms with van der Waals surface area (Å²) in [4.78, 5) is 10.6. The molecule has 0 aliphatic heterocycles. The molecule has 0 aliphatic rings. The minimum absolute atomic E-state index is 0.183. The minimum Gasteiger partial charge on any atom is -0.475 e. The summed E-state index contributed by atoms with van der Waals surface area (Å²) in [6, 6.07) is 4.87.